The summed E-state index contributed by atoms with van der Waals surface area (Å²) in [5.74, 6) is -22.1. The number of alkyl halides is 6. The molecule has 11 amide bonds. The van der Waals surface area contributed by atoms with Crippen LogP contribution in [0.1, 0.15) is 104 Å². The fraction of sp³-hybridized carbons (Fsp3) is 0.578. The molecular weight excluding hydrogens is 1430 g/mol. The van der Waals surface area contributed by atoms with Gasteiger partial charge in [0.2, 0.25) is 65.0 Å². The van der Waals surface area contributed by atoms with E-state index in [2.05, 4.69) is 52.8 Å². The number of aliphatic imine (C=N–C) groups is 1. The number of primary amides is 1. The molecule has 4 rings (SSSR count). The van der Waals surface area contributed by atoms with Crippen LogP contribution in [0.5, 0.6) is 0 Å². The van der Waals surface area contributed by atoms with Gasteiger partial charge in [0.05, 0.1) is 31.4 Å². The third kappa shape index (κ3) is 31.2. The second-order valence-corrected chi connectivity index (χ2v) is 25.1. The molecule has 36 nitrogen and oxygen atoms in total. The number of nitrogens with zero attached hydrogens (tertiary/aromatic N) is 1. The Hall–Kier alpha value is -10.3. The molecule has 2 aliphatic heterocycles. The monoisotopic (exact) mass is 1520 g/mol. The Labute approximate surface area is 603 Å². The van der Waals surface area contributed by atoms with Gasteiger partial charge in [-0.25, -0.2) is 14.4 Å². The molecule has 0 saturated carbocycles. The topological polar surface area (TPSA) is 592 Å². The molecule has 2 saturated heterocycles. The molecule has 106 heavy (non-hydrogen) atoms. The highest BCUT2D eigenvalue weighted by Gasteiger charge is 2.45. The van der Waals surface area contributed by atoms with Gasteiger partial charge >= 0.3 is 30.3 Å². The number of nitrogens with one attached hydrogen (secondary N) is 11. The molecule has 0 aliphatic carbocycles. The Morgan fingerprint density at radius 3 is 1.65 bits per heavy atom. The number of cyclic esters (lactones) is 1. The van der Waals surface area contributed by atoms with Crippen LogP contribution in [-0.2, 0) is 78.3 Å². The van der Waals surface area contributed by atoms with Crippen LogP contribution in [0.15, 0.2) is 65.7 Å². The van der Waals surface area contributed by atoms with Gasteiger partial charge in [0.25, 0.3) is 0 Å². The SMILES string of the molecule is CC[C@H](C)[C@@H]1NC(=O)[C@@H](CCCN=C(N)N)NC(=O)[C@H](CC(C)C)NC(=O)[C@H]([C@H](O)C(C)C)NC(=O)[C@@H](NC(=O)[C@H](Cc2ccccc2)NC(=O)[C@H]2CCCN2)[C@@H](c2ccccc2)OC(=O)[C@H](CO)NC(=O)[C@H]([C@H](O)C(N)=O)NC(=O)CNC(=O)[C@H]([C@H](C)O)NC1=O.O=C(O)C(F)(F)F.O=C(O)C(F)(F)F. The van der Waals surface area contributed by atoms with Crippen molar-refractivity contribution in [2.75, 3.05) is 26.2 Å². The molecule has 15 atom stereocenters. The van der Waals surface area contributed by atoms with Crippen molar-refractivity contribution in [1.82, 2.24) is 58.5 Å². The van der Waals surface area contributed by atoms with E-state index in [1.807, 2.05) is 10.6 Å². The maximum atomic E-state index is 15.5. The molecule has 2 aliphatic rings. The first-order valence-electron chi connectivity index (χ1n) is 33.0. The maximum Gasteiger partial charge on any atom is 0.490 e. The van der Waals surface area contributed by atoms with E-state index in [0.29, 0.717) is 24.9 Å². The van der Waals surface area contributed by atoms with Gasteiger partial charge in [0, 0.05) is 13.0 Å². The van der Waals surface area contributed by atoms with Crippen LogP contribution in [-0.4, -0.2) is 237 Å². The number of hydrogen-bond donors (Lipinski definition) is 20. The zero-order chi connectivity index (χ0) is 80.7. The molecule has 2 heterocycles. The molecule has 0 bridgehead atoms. The van der Waals surface area contributed by atoms with E-state index < -0.39 is 205 Å². The number of carboxylic acid groups (broad SMARTS) is 2. The smallest absolute Gasteiger partial charge is 0.475 e. The normalized spacial score (nSPS) is 23.7. The minimum absolute atomic E-state index is 0.0469. The lowest BCUT2D eigenvalue weighted by Gasteiger charge is -2.33. The lowest BCUT2D eigenvalue weighted by molar-refractivity contribution is -0.193. The average molecular weight is 1520 g/mol. The predicted octanol–water partition coefficient (Wildman–Crippen LogP) is -4.59. The van der Waals surface area contributed by atoms with Gasteiger partial charge in [-0.15, -0.1) is 0 Å². The quantitative estimate of drug-likeness (QED) is 0.0184. The van der Waals surface area contributed by atoms with Crippen LogP contribution in [0, 0.1) is 17.8 Å². The first-order chi connectivity index (χ1) is 49.4. The number of amides is 11. The van der Waals surface area contributed by atoms with Crippen molar-refractivity contribution in [3.63, 3.8) is 0 Å². The van der Waals surface area contributed by atoms with Crippen LogP contribution >= 0.6 is 0 Å². The second kappa shape index (κ2) is 43.8. The number of halogens is 6. The van der Waals surface area contributed by atoms with Crippen molar-refractivity contribution in [3.8, 4) is 0 Å². The largest absolute Gasteiger partial charge is 0.490 e. The number of aliphatic hydroxyl groups excluding tert-OH is 4. The number of guanidine groups is 1. The standard InChI is InChI=1S/C60H91N15O17.2C2HF3O2/c1-8-31(6)41-55(87)73-42(32(7)77)54(86)66-27-40(78)71-44(47(80)49(61)81)57(89)70-39(28-76)59(91)92-48(34-19-13-10-14-20-34)45(75-53(85)38(26-33-17-11-9-12-18-33)68-50(82)35-21-15-23-64-35)58(90)74-43(46(79)30(4)5)56(88)69-37(25-29(2)3)52(84)67-36(51(83)72-41)22-16-24-65-60(62)63;2*3-2(4,5)1(6)7/h9-14,17-20,29-32,35-39,41-48,64,76-77,79-80H,8,15-16,21-28H2,1-7H3,(H2,61,81)(H,66,86)(H,67,84)(H,68,82)(H,69,88)(H,70,89)(H,71,78)(H,72,83)(H,73,87)(H,74,90)(H,75,85)(H4,62,63,65);2*(H,6,7)/t31-,32-,35+,36+,37-,38-,39-,41-,42-,43-,44-,45-,46+,47-,48+;;/m0../s1. The molecule has 2 aromatic rings. The number of ether oxygens (including phenoxy) is 1. The van der Waals surface area contributed by atoms with Gasteiger partial charge in [-0.3, -0.25) is 57.7 Å². The van der Waals surface area contributed by atoms with Crippen molar-refractivity contribution in [2.45, 2.75) is 191 Å². The number of hydrogen-bond acceptors (Lipinski definition) is 21. The number of aliphatic hydroxyl groups is 4. The van der Waals surface area contributed by atoms with Crippen LogP contribution in [0.3, 0.4) is 0 Å². The summed E-state index contributed by atoms with van der Waals surface area (Å²) in [6.07, 6.45) is -17.5. The third-order valence-electron chi connectivity index (χ3n) is 15.8. The first-order valence-corrected chi connectivity index (χ1v) is 33.0. The molecule has 592 valence electrons. The Bertz CT molecular complexity index is 3330. The molecule has 0 aromatic heterocycles. The number of carbonyl (C=O) groups excluding carboxylic acids is 12. The minimum atomic E-state index is -5.08. The summed E-state index contributed by atoms with van der Waals surface area (Å²) >= 11 is 0. The zero-order valence-corrected chi connectivity index (χ0v) is 58.6. The molecule has 42 heteroatoms. The number of carboxylic acids is 2. The van der Waals surface area contributed by atoms with Crippen molar-refractivity contribution < 1.29 is 129 Å². The summed E-state index contributed by atoms with van der Waals surface area (Å²) in [5.41, 5.74) is 16.9. The Kier molecular flexibility index (Phi) is 37.9. The van der Waals surface area contributed by atoms with Gasteiger partial charge in [0.1, 0.15) is 48.3 Å². The van der Waals surface area contributed by atoms with E-state index in [9.17, 15) is 94.7 Å². The number of esters is 1. The van der Waals surface area contributed by atoms with Crippen molar-refractivity contribution in [3.05, 3.63) is 71.8 Å². The average Bonchev–Trinajstić information content (AvgIpc) is 1.72. The van der Waals surface area contributed by atoms with Crippen LogP contribution < -0.4 is 75.7 Å². The molecule has 2 aromatic carbocycles. The highest BCUT2D eigenvalue weighted by molar-refractivity contribution is 6.00. The Morgan fingerprint density at radius 1 is 0.651 bits per heavy atom. The summed E-state index contributed by atoms with van der Waals surface area (Å²) < 4.78 is 69.4. The van der Waals surface area contributed by atoms with Crippen molar-refractivity contribution >= 4 is 88.8 Å². The summed E-state index contributed by atoms with van der Waals surface area (Å²) in [6.45, 7) is 8.79. The minimum Gasteiger partial charge on any atom is -0.475 e. The second-order valence-electron chi connectivity index (χ2n) is 25.1. The molecule has 0 radical (unpaired) electrons. The third-order valence-corrected chi connectivity index (χ3v) is 15.8. The van der Waals surface area contributed by atoms with Crippen molar-refractivity contribution in [1.29, 1.82) is 0 Å². The highest BCUT2D eigenvalue weighted by atomic mass is 19.4. The van der Waals surface area contributed by atoms with Crippen LogP contribution in [0.2, 0.25) is 0 Å². The summed E-state index contributed by atoms with van der Waals surface area (Å²) in [7, 11) is 0. The molecule has 23 N–H and O–H groups in total. The number of benzene rings is 2. The Morgan fingerprint density at radius 2 is 1.16 bits per heavy atom. The summed E-state index contributed by atoms with van der Waals surface area (Å²) in [4.78, 5) is 193. The van der Waals surface area contributed by atoms with E-state index >= 15 is 9.59 Å². The molecule has 2 fully saturated rings. The zero-order valence-electron chi connectivity index (χ0n) is 58.6. The van der Waals surface area contributed by atoms with E-state index in [0.717, 1.165) is 6.92 Å². The number of rotatable bonds is 21. The van der Waals surface area contributed by atoms with Crippen LogP contribution in [0.4, 0.5) is 26.3 Å². The van der Waals surface area contributed by atoms with Gasteiger partial charge in [-0.2, -0.15) is 26.3 Å². The number of carbonyl (C=O) groups is 14. The fourth-order valence-electron chi connectivity index (χ4n) is 9.89. The Balaban J connectivity index is 0.00000246. The number of aliphatic carboxylic acids is 2. The van der Waals surface area contributed by atoms with E-state index in [1.54, 1.807) is 58.0 Å². The molecular formula is C64H93F6N15O21. The van der Waals surface area contributed by atoms with Gasteiger partial charge in [-0.1, -0.05) is 109 Å². The summed E-state index contributed by atoms with van der Waals surface area (Å²) in [5, 5.41) is 85.8. The lowest BCUT2D eigenvalue weighted by Crippen LogP contribution is -2.64. The van der Waals surface area contributed by atoms with E-state index in [1.165, 1.54) is 44.2 Å². The fourth-order valence-corrected chi connectivity index (χ4v) is 9.89. The molecule has 0 spiro atoms. The van der Waals surface area contributed by atoms with Gasteiger partial charge in [0.15, 0.2) is 24.2 Å². The van der Waals surface area contributed by atoms with Gasteiger partial charge < -0.3 is 111 Å². The van der Waals surface area contributed by atoms with E-state index in [4.69, 9.17) is 41.7 Å². The lowest BCUT2D eigenvalue weighted by atomic mass is 9.95. The van der Waals surface area contributed by atoms with Crippen molar-refractivity contribution in [2.24, 2.45) is 39.9 Å². The molecule has 0 unspecified atom stereocenters. The van der Waals surface area contributed by atoms with E-state index in [-0.39, 0.29) is 56.1 Å². The highest BCUT2D eigenvalue weighted by Crippen LogP contribution is 2.25. The van der Waals surface area contributed by atoms with Gasteiger partial charge in [-0.05, 0) is 74.5 Å². The predicted molar refractivity (Wildman–Crippen MR) is 358 cm³/mol. The number of nitrogens with two attached hydrogens (primary N) is 3. The maximum absolute atomic E-state index is 15.5. The van der Waals surface area contributed by atoms with Crippen LogP contribution in [0.25, 0.3) is 0 Å². The first kappa shape index (κ1) is 91.8. The summed E-state index contributed by atoms with van der Waals surface area (Å²) in [6, 6.07) is -1.93.